The van der Waals surface area contributed by atoms with Crippen LogP contribution in [0.2, 0.25) is 0 Å². The molecule has 3 aromatic rings. The van der Waals surface area contributed by atoms with Crippen molar-refractivity contribution in [3.8, 4) is 0 Å². The monoisotopic (exact) mass is 338 g/mol. The van der Waals surface area contributed by atoms with E-state index in [0.29, 0.717) is 18.2 Å². The zero-order chi connectivity index (χ0) is 17.6. The number of carbonyl (C=O) groups excluding carboxylic acids is 1. The minimum atomic E-state index is -0.135. The molecule has 2 aromatic heterocycles. The molecule has 0 spiro atoms. The Morgan fingerprint density at radius 3 is 3.00 bits per heavy atom. The van der Waals surface area contributed by atoms with E-state index < -0.39 is 0 Å². The summed E-state index contributed by atoms with van der Waals surface area (Å²) in [5, 5.41) is 19.7. The third kappa shape index (κ3) is 2.79. The second-order valence-electron chi connectivity index (χ2n) is 7.07. The zero-order valence-corrected chi connectivity index (χ0v) is 14.7. The van der Waals surface area contributed by atoms with Crippen molar-refractivity contribution >= 4 is 16.8 Å². The SMILES string of the molecule is Cc1ccc2[nH]nc(C(=O)NC3CCc4nnc(C(C)C)n4C3)c2c1. The van der Waals surface area contributed by atoms with Gasteiger partial charge in [0, 0.05) is 30.3 Å². The van der Waals surface area contributed by atoms with Crippen LogP contribution in [-0.2, 0) is 13.0 Å². The summed E-state index contributed by atoms with van der Waals surface area (Å²) in [5.41, 5.74) is 2.44. The van der Waals surface area contributed by atoms with Crippen LogP contribution in [0.25, 0.3) is 10.9 Å². The molecule has 1 unspecified atom stereocenters. The number of hydrogen-bond acceptors (Lipinski definition) is 4. The van der Waals surface area contributed by atoms with Gasteiger partial charge in [0.1, 0.15) is 11.6 Å². The van der Waals surface area contributed by atoms with Crippen LogP contribution in [0.15, 0.2) is 18.2 Å². The first-order valence-electron chi connectivity index (χ1n) is 8.70. The number of aromatic amines is 1. The Labute approximate surface area is 145 Å². The Balaban J connectivity index is 1.55. The first-order valence-corrected chi connectivity index (χ1v) is 8.70. The molecular formula is C18H22N6O. The van der Waals surface area contributed by atoms with Gasteiger partial charge in [0.2, 0.25) is 0 Å². The summed E-state index contributed by atoms with van der Waals surface area (Å²) in [7, 11) is 0. The van der Waals surface area contributed by atoms with Crippen molar-refractivity contribution < 1.29 is 4.79 Å². The largest absolute Gasteiger partial charge is 0.346 e. The lowest BCUT2D eigenvalue weighted by Gasteiger charge is -2.25. The second-order valence-corrected chi connectivity index (χ2v) is 7.07. The lowest BCUT2D eigenvalue weighted by molar-refractivity contribution is 0.0923. The Bertz CT molecular complexity index is 938. The minimum Gasteiger partial charge on any atom is -0.346 e. The maximum absolute atomic E-state index is 12.7. The number of carbonyl (C=O) groups is 1. The summed E-state index contributed by atoms with van der Waals surface area (Å²) < 4.78 is 2.14. The van der Waals surface area contributed by atoms with Gasteiger partial charge in [-0.3, -0.25) is 9.89 Å². The number of hydrogen-bond donors (Lipinski definition) is 2. The summed E-state index contributed by atoms with van der Waals surface area (Å²) >= 11 is 0. The van der Waals surface area contributed by atoms with Gasteiger partial charge in [-0.2, -0.15) is 5.10 Å². The predicted octanol–water partition coefficient (Wildman–Crippen LogP) is 2.33. The number of nitrogens with zero attached hydrogens (tertiary/aromatic N) is 4. The molecule has 1 aliphatic heterocycles. The third-order valence-corrected chi connectivity index (χ3v) is 4.76. The van der Waals surface area contributed by atoms with Crippen molar-refractivity contribution in [1.29, 1.82) is 0 Å². The number of aryl methyl sites for hydroxylation is 2. The van der Waals surface area contributed by atoms with Crippen molar-refractivity contribution in [3.63, 3.8) is 0 Å². The lowest BCUT2D eigenvalue weighted by Crippen LogP contribution is -2.41. The highest BCUT2D eigenvalue weighted by Crippen LogP contribution is 2.21. The van der Waals surface area contributed by atoms with Gasteiger partial charge in [0.25, 0.3) is 5.91 Å². The van der Waals surface area contributed by atoms with Gasteiger partial charge in [-0.05, 0) is 25.5 Å². The standard InChI is InChI=1S/C18H22N6O/c1-10(2)17-23-21-15-7-5-12(9-24(15)17)19-18(25)16-13-8-11(3)4-6-14(13)20-22-16/h4,6,8,10,12H,5,7,9H2,1-3H3,(H,19,25)(H,20,22). The van der Waals surface area contributed by atoms with Gasteiger partial charge in [0.15, 0.2) is 5.69 Å². The van der Waals surface area contributed by atoms with Crippen LogP contribution in [0.1, 0.15) is 53.9 Å². The van der Waals surface area contributed by atoms with E-state index in [1.54, 1.807) is 0 Å². The van der Waals surface area contributed by atoms with E-state index in [4.69, 9.17) is 0 Å². The first kappa shape index (κ1) is 15.8. The number of nitrogens with one attached hydrogen (secondary N) is 2. The molecular weight excluding hydrogens is 316 g/mol. The molecule has 1 amide bonds. The normalized spacial score (nSPS) is 17.0. The van der Waals surface area contributed by atoms with Gasteiger partial charge in [-0.15, -0.1) is 10.2 Å². The van der Waals surface area contributed by atoms with Gasteiger partial charge in [0.05, 0.1) is 5.52 Å². The molecule has 0 radical (unpaired) electrons. The van der Waals surface area contributed by atoms with Crippen LogP contribution in [0, 0.1) is 6.92 Å². The molecule has 1 atom stereocenters. The average molecular weight is 338 g/mol. The topological polar surface area (TPSA) is 88.5 Å². The number of H-pyrrole nitrogens is 1. The number of amides is 1. The first-order chi connectivity index (χ1) is 12.0. The van der Waals surface area contributed by atoms with E-state index >= 15 is 0 Å². The third-order valence-electron chi connectivity index (χ3n) is 4.76. The summed E-state index contributed by atoms with van der Waals surface area (Å²) in [6.07, 6.45) is 1.69. The van der Waals surface area contributed by atoms with Crippen molar-refractivity contribution in [3.05, 3.63) is 41.1 Å². The van der Waals surface area contributed by atoms with Gasteiger partial charge in [-0.1, -0.05) is 25.5 Å². The van der Waals surface area contributed by atoms with Gasteiger partial charge >= 0.3 is 0 Å². The molecule has 4 rings (SSSR count). The Morgan fingerprint density at radius 1 is 1.36 bits per heavy atom. The van der Waals surface area contributed by atoms with E-state index in [-0.39, 0.29) is 11.9 Å². The quantitative estimate of drug-likeness (QED) is 0.767. The molecule has 25 heavy (non-hydrogen) atoms. The molecule has 1 aliphatic rings. The maximum atomic E-state index is 12.7. The van der Waals surface area contributed by atoms with E-state index in [1.165, 1.54) is 0 Å². The molecule has 0 fully saturated rings. The molecule has 1 aromatic carbocycles. The van der Waals surface area contributed by atoms with Crippen LogP contribution >= 0.6 is 0 Å². The Hall–Kier alpha value is -2.70. The fourth-order valence-corrected chi connectivity index (χ4v) is 3.45. The summed E-state index contributed by atoms with van der Waals surface area (Å²) in [5.74, 6) is 2.17. The average Bonchev–Trinajstić information content (AvgIpc) is 3.17. The van der Waals surface area contributed by atoms with Crippen molar-refractivity contribution in [2.45, 2.75) is 52.1 Å². The Kier molecular flexibility index (Phi) is 3.78. The van der Waals surface area contributed by atoms with Crippen LogP contribution < -0.4 is 5.32 Å². The van der Waals surface area contributed by atoms with E-state index in [0.717, 1.165) is 41.0 Å². The number of fused-ring (bicyclic) bond motifs is 2. The van der Waals surface area contributed by atoms with Crippen LogP contribution in [0.3, 0.4) is 0 Å². The fourth-order valence-electron chi connectivity index (χ4n) is 3.45. The summed E-state index contributed by atoms with van der Waals surface area (Å²) in [6, 6.07) is 6.01. The minimum absolute atomic E-state index is 0.0602. The molecule has 7 heteroatoms. The fraction of sp³-hybridized carbons (Fsp3) is 0.444. The highest BCUT2D eigenvalue weighted by Gasteiger charge is 2.26. The molecule has 0 saturated heterocycles. The van der Waals surface area contributed by atoms with E-state index in [2.05, 4.69) is 44.1 Å². The van der Waals surface area contributed by atoms with Crippen LogP contribution in [-0.4, -0.2) is 36.9 Å². The number of aromatic nitrogens is 5. The number of rotatable bonds is 3. The van der Waals surface area contributed by atoms with Crippen LogP contribution in [0.4, 0.5) is 0 Å². The van der Waals surface area contributed by atoms with Gasteiger partial charge in [-0.25, -0.2) is 0 Å². The predicted molar refractivity (Wildman–Crippen MR) is 94.5 cm³/mol. The summed E-state index contributed by atoms with van der Waals surface area (Å²) in [6.45, 7) is 6.94. The molecule has 2 N–H and O–H groups in total. The second kappa shape index (κ2) is 5.98. The van der Waals surface area contributed by atoms with E-state index in [9.17, 15) is 4.79 Å². The molecule has 130 valence electrons. The zero-order valence-electron chi connectivity index (χ0n) is 14.7. The Morgan fingerprint density at radius 2 is 2.20 bits per heavy atom. The molecule has 3 heterocycles. The van der Waals surface area contributed by atoms with Gasteiger partial charge < -0.3 is 9.88 Å². The molecule has 0 aliphatic carbocycles. The highest BCUT2D eigenvalue weighted by atomic mass is 16.2. The van der Waals surface area contributed by atoms with Crippen molar-refractivity contribution in [2.24, 2.45) is 0 Å². The molecule has 0 saturated carbocycles. The highest BCUT2D eigenvalue weighted by molar-refractivity contribution is 6.04. The van der Waals surface area contributed by atoms with E-state index in [1.807, 2.05) is 25.1 Å². The smallest absolute Gasteiger partial charge is 0.272 e. The van der Waals surface area contributed by atoms with Crippen molar-refractivity contribution in [1.82, 2.24) is 30.3 Å². The number of benzene rings is 1. The molecule has 0 bridgehead atoms. The molecule has 7 nitrogen and oxygen atoms in total. The lowest BCUT2D eigenvalue weighted by atomic mass is 10.1. The van der Waals surface area contributed by atoms with Crippen molar-refractivity contribution in [2.75, 3.05) is 0 Å². The summed E-state index contributed by atoms with van der Waals surface area (Å²) in [4.78, 5) is 12.7. The maximum Gasteiger partial charge on any atom is 0.272 e. The van der Waals surface area contributed by atoms with Crippen LogP contribution in [0.5, 0.6) is 0 Å².